The molecule has 29 heavy (non-hydrogen) atoms. The van der Waals surface area contributed by atoms with E-state index in [1.807, 2.05) is 0 Å². The Morgan fingerprint density at radius 2 is 2.21 bits per heavy atom. The summed E-state index contributed by atoms with van der Waals surface area (Å²) < 4.78 is 20.2. The maximum atomic E-state index is 13.4. The first-order valence-electron chi connectivity index (χ1n) is 8.77. The minimum atomic E-state index is -0.412. The lowest BCUT2D eigenvalue weighted by molar-refractivity contribution is 0.0935. The van der Waals surface area contributed by atoms with Gasteiger partial charge in [-0.1, -0.05) is 0 Å². The normalized spacial score (nSPS) is 12.5. The Hall–Kier alpha value is -4.08. The average Bonchev–Trinajstić information content (AvgIpc) is 3.46. The summed E-state index contributed by atoms with van der Waals surface area (Å²) in [7, 11) is 0. The van der Waals surface area contributed by atoms with E-state index in [1.165, 1.54) is 31.1 Å². The predicted molar refractivity (Wildman–Crippen MR) is 100 cm³/mol. The Labute approximate surface area is 162 Å². The van der Waals surface area contributed by atoms with Gasteiger partial charge in [0.05, 0.1) is 23.5 Å². The number of imidazole rings is 1. The summed E-state index contributed by atoms with van der Waals surface area (Å²) in [4.78, 5) is 33.0. The summed E-state index contributed by atoms with van der Waals surface area (Å²) in [6.45, 7) is 1.77. The van der Waals surface area contributed by atoms with Crippen LogP contribution in [0, 0.1) is 5.82 Å². The number of rotatable bonds is 4. The van der Waals surface area contributed by atoms with Gasteiger partial charge in [0, 0.05) is 12.4 Å². The zero-order valence-electron chi connectivity index (χ0n) is 15.1. The number of pyridine rings is 1. The van der Waals surface area contributed by atoms with Gasteiger partial charge in [-0.2, -0.15) is 0 Å². The van der Waals surface area contributed by atoms with Gasteiger partial charge < -0.3 is 19.1 Å². The first-order valence-corrected chi connectivity index (χ1v) is 8.77. The van der Waals surface area contributed by atoms with Gasteiger partial charge >= 0.3 is 0 Å². The molecule has 5 rings (SSSR count). The second kappa shape index (κ2) is 6.51. The third kappa shape index (κ3) is 2.90. The van der Waals surface area contributed by atoms with E-state index in [2.05, 4.69) is 30.2 Å². The topological polar surface area (TPSA) is 114 Å². The first-order chi connectivity index (χ1) is 14.1. The van der Waals surface area contributed by atoms with E-state index in [1.54, 1.807) is 29.8 Å². The van der Waals surface area contributed by atoms with Crippen LogP contribution >= 0.6 is 0 Å². The van der Waals surface area contributed by atoms with Gasteiger partial charge in [0.1, 0.15) is 41.4 Å². The van der Waals surface area contributed by atoms with Crippen molar-refractivity contribution in [3.8, 4) is 11.4 Å². The van der Waals surface area contributed by atoms with Gasteiger partial charge in [0.2, 0.25) is 5.89 Å². The number of H-pyrrole nitrogens is 1. The largest absolute Gasteiger partial charge is 0.447 e. The third-order valence-corrected chi connectivity index (χ3v) is 4.53. The van der Waals surface area contributed by atoms with E-state index in [9.17, 15) is 9.18 Å². The van der Waals surface area contributed by atoms with E-state index in [0.717, 1.165) is 0 Å². The van der Waals surface area contributed by atoms with Crippen molar-refractivity contribution in [2.75, 3.05) is 0 Å². The molecule has 1 atom stereocenters. The highest BCUT2D eigenvalue weighted by Crippen LogP contribution is 2.24. The summed E-state index contributed by atoms with van der Waals surface area (Å²) in [5.41, 5.74) is 2.91. The van der Waals surface area contributed by atoms with E-state index in [4.69, 9.17) is 4.42 Å². The average molecular weight is 391 g/mol. The molecule has 1 unspecified atom stereocenters. The zero-order chi connectivity index (χ0) is 20.0. The molecule has 0 radical (unpaired) electrons. The number of nitrogens with zero attached hydrogens (tertiary/aromatic N) is 5. The summed E-state index contributed by atoms with van der Waals surface area (Å²) in [5, 5.41) is 2.82. The van der Waals surface area contributed by atoms with Crippen molar-refractivity contribution < 1.29 is 13.6 Å². The number of hydrogen-bond acceptors (Lipinski definition) is 6. The number of aromatic nitrogens is 6. The Bertz CT molecular complexity index is 1340. The molecule has 0 saturated heterocycles. The number of hydrogen-bond donors (Lipinski definition) is 2. The monoisotopic (exact) mass is 391 g/mol. The van der Waals surface area contributed by atoms with Crippen molar-refractivity contribution in [2.24, 2.45) is 0 Å². The zero-order valence-corrected chi connectivity index (χ0v) is 15.1. The minimum Gasteiger partial charge on any atom is -0.447 e. The maximum Gasteiger partial charge on any atom is 0.255 e. The van der Waals surface area contributed by atoms with Crippen LogP contribution < -0.4 is 5.32 Å². The van der Waals surface area contributed by atoms with Crippen LogP contribution in [0.25, 0.3) is 28.1 Å². The molecule has 9 nitrogen and oxygen atoms in total. The van der Waals surface area contributed by atoms with Crippen molar-refractivity contribution in [3.05, 3.63) is 66.8 Å². The Kier molecular flexibility index (Phi) is 3.83. The second-order valence-electron chi connectivity index (χ2n) is 6.45. The van der Waals surface area contributed by atoms with Crippen LogP contribution in [0.3, 0.4) is 0 Å². The van der Waals surface area contributed by atoms with Crippen molar-refractivity contribution in [1.29, 1.82) is 0 Å². The molecule has 10 heteroatoms. The Morgan fingerprint density at radius 1 is 1.31 bits per heavy atom. The molecule has 0 aliphatic rings. The molecule has 0 saturated carbocycles. The molecule has 5 aromatic rings. The number of nitrogens with one attached hydrogen (secondary N) is 2. The highest BCUT2D eigenvalue weighted by atomic mass is 19.1. The molecule has 0 aliphatic carbocycles. The smallest absolute Gasteiger partial charge is 0.255 e. The molecule has 0 bridgehead atoms. The molecule has 0 fully saturated rings. The van der Waals surface area contributed by atoms with Crippen LogP contribution in [0.5, 0.6) is 0 Å². The second-order valence-corrected chi connectivity index (χ2v) is 6.45. The molecule has 5 heterocycles. The number of fused-ring (bicyclic) bond motifs is 2. The maximum absolute atomic E-state index is 13.4. The van der Waals surface area contributed by atoms with Gasteiger partial charge in [-0.05, 0) is 19.1 Å². The Balaban J connectivity index is 1.52. The van der Waals surface area contributed by atoms with Crippen LogP contribution in [0.4, 0.5) is 4.39 Å². The number of amides is 1. The molecular weight excluding hydrogens is 377 g/mol. The SMILES string of the molecule is CC(NC(=O)c1c[nH]c2ncc(-c3ncn4cc(F)ccc34)nc12)c1ncco1. The van der Waals surface area contributed by atoms with Gasteiger partial charge in [0.15, 0.2) is 5.65 Å². The number of carbonyl (C=O) groups is 1. The first kappa shape index (κ1) is 17.0. The fourth-order valence-electron chi connectivity index (χ4n) is 3.13. The lowest BCUT2D eigenvalue weighted by Crippen LogP contribution is -2.26. The number of oxazole rings is 1. The minimum absolute atomic E-state index is 0.335. The van der Waals surface area contributed by atoms with Crippen molar-refractivity contribution in [3.63, 3.8) is 0 Å². The predicted octanol–water partition coefficient (Wildman–Crippen LogP) is 2.89. The summed E-state index contributed by atoms with van der Waals surface area (Å²) in [5.74, 6) is -0.306. The highest BCUT2D eigenvalue weighted by molar-refractivity contribution is 6.04. The van der Waals surface area contributed by atoms with Crippen LogP contribution in [-0.4, -0.2) is 35.2 Å². The fraction of sp³-hybridized carbons (Fsp3) is 0.105. The standard InChI is InChI=1S/C19H14FN7O2/c1-10(19-21-4-5-29-19)25-18(28)12-6-22-17-15(12)26-13(7-23-17)16-14-3-2-11(20)8-27(14)9-24-16/h2-10H,1H3,(H,22,23)(H,25,28). The molecule has 1 amide bonds. The Morgan fingerprint density at radius 3 is 3.03 bits per heavy atom. The van der Waals surface area contributed by atoms with E-state index in [0.29, 0.717) is 39.5 Å². The lowest BCUT2D eigenvalue weighted by atomic mass is 10.2. The summed E-state index contributed by atoms with van der Waals surface area (Å²) in [6, 6.07) is 2.56. The number of aromatic amines is 1. The fourth-order valence-corrected chi connectivity index (χ4v) is 3.13. The molecule has 0 aromatic carbocycles. The molecule has 0 spiro atoms. The third-order valence-electron chi connectivity index (χ3n) is 4.53. The van der Waals surface area contributed by atoms with Crippen LogP contribution in [0.2, 0.25) is 0 Å². The summed E-state index contributed by atoms with van der Waals surface area (Å²) in [6.07, 6.45) is 8.90. The van der Waals surface area contributed by atoms with Gasteiger partial charge in [-0.15, -0.1) is 0 Å². The van der Waals surface area contributed by atoms with Crippen molar-refractivity contribution in [1.82, 2.24) is 34.6 Å². The number of halogens is 1. The molecular formula is C19H14FN7O2. The van der Waals surface area contributed by atoms with Crippen molar-refractivity contribution in [2.45, 2.75) is 13.0 Å². The van der Waals surface area contributed by atoms with Gasteiger partial charge in [-0.3, -0.25) is 4.79 Å². The van der Waals surface area contributed by atoms with Crippen LogP contribution in [0.15, 0.2) is 53.9 Å². The van der Waals surface area contributed by atoms with E-state index < -0.39 is 6.04 Å². The van der Waals surface area contributed by atoms with Crippen molar-refractivity contribution >= 4 is 22.6 Å². The molecule has 0 aliphatic heterocycles. The van der Waals surface area contributed by atoms with Gasteiger partial charge in [0.25, 0.3) is 5.91 Å². The molecule has 144 valence electrons. The van der Waals surface area contributed by atoms with Gasteiger partial charge in [-0.25, -0.2) is 24.3 Å². The highest BCUT2D eigenvalue weighted by Gasteiger charge is 2.20. The number of carbonyl (C=O) groups excluding carboxylic acids is 1. The molecule has 5 aromatic heterocycles. The van der Waals surface area contributed by atoms with E-state index >= 15 is 0 Å². The summed E-state index contributed by atoms with van der Waals surface area (Å²) >= 11 is 0. The van der Waals surface area contributed by atoms with E-state index in [-0.39, 0.29) is 11.7 Å². The van der Waals surface area contributed by atoms with Crippen LogP contribution in [-0.2, 0) is 0 Å². The molecule has 2 N–H and O–H groups in total. The van der Waals surface area contributed by atoms with Crippen LogP contribution in [0.1, 0.15) is 29.2 Å². The lowest BCUT2D eigenvalue weighted by Gasteiger charge is -2.09. The quantitative estimate of drug-likeness (QED) is 0.487.